The minimum Gasteiger partial charge on any atom is -0.364 e. The van der Waals surface area contributed by atoms with E-state index < -0.39 is 0 Å². The summed E-state index contributed by atoms with van der Waals surface area (Å²) in [5, 5.41) is 3.57. The second-order valence-corrected chi connectivity index (χ2v) is 5.74. The second kappa shape index (κ2) is 4.34. The van der Waals surface area contributed by atoms with E-state index in [1.807, 2.05) is 0 Å². The fourth-order valence-electron chi connectivity index (χ4n) is 3.49. The van der Waals surface area contributed by atoms with Crippen LogP contribution in [0.2, 0.25) is 0 Å². The first-order valence-corrected chi connectivity index (χ1v) is 6.82. The first-order chi connectivity index (χ1) is 8.25. The summed E-state index contributed by atoms with van der Waals surface area (Å²) in [5.74, 6) is 0.800. The van der Waals surface area contributed by atoms with Crippen molar-refractivity contribution in [1.82, 2.24) is 5.32 Å². The molecule has 0 amide bonds. The van der Waals surface area contributed by atoms with Crippen molar-refractivity contribution in [2.24, 2.45) is 5.92 Å². The lowest BCUT2D eigenvalue weighted by atomic mass is 9.96. The maximum absolute atomic E-state index is 3.57. The lowest BCUT2D eigenvalue weighted by Crippen LogP contribution is -2.50. The number of hydrogen-bond donors (Lipinski definition) is 1. The molecule has 2 heteroatoms. The summed E-state index contributed by atoms with van der Waals surface area (Å²) in [6.07, 6.45) is 2.53. The van der Waals surface area contributed by atoms with Gasteiger partial charge in [0.2, 0.25) is 0 Å². The lowest BCUT2D eigenvalue weighted by molar-refractivity contribution is 0.340. The number of nitrogens with one attached hydrogen (secondary N) is 1. The highest BCUT2D eigenvalue weighted by molar-refractivity contribution is 5.60. The van der Waals surface area contributed by atoms with Crippen LogP contribution in [0.1, 0.15) is 25.8 Å². The van der Waals surface area contributed by atoms with Gasteiger partial charge in [0, 0.05) is 24.3 Å². The molecule has 0 bridgehead atoms. The normalized spacial score (nSPS) is 32.6. The summed E-state index contributed by atoms with van der Waals surface area (Å²) in [6.45, 7) is 7.04. The molecule has 2 aliphatic heterocycles. The summed E-state index contributed by atoms with van der Waals surface area (Å²) in [7, 11) is 0. The molecule has 0 spiro atoms. The molecular formula is C15H22N2. The summed E-state index contributed by atoms with van der Waals surface area (Å²) < 4.78 is 0. The SMILES string of the molecule is CC1CNCC(N2c3ccccc3CC2C)C1. The van der Waals surface area contributed by atoms with Gasteiger partial charge < -0.3 is 10.2 Å². The smallest absolute Gasteiger partial charge is 0.0420 e. The van der Waals surface area contributed by atoms with Gasteiger partial charge in [0.05, 0.1) is 0 Å². The van der Waals surface area contributed by atoms with Crippen LogP contribution in [0.25, 0.3) is 0 Å². The molecule has 0 aromatic heterocycles. The molecule has 3 rings (SSSR count). The minimum atomic E-state index is 0.657. The largest absolute Gasteiger partial charge is 0.364 e. The molecular weight excluding hydrogens is 208 g/mol. The summed E-state index contributed by atoms with van der Waals surface area (Å²) >= 11 is 0. The molecule has 3 atom stereocenters. The Labute approximate surface area is 104 Å². The van der Waals surface area contributed by atoms with Gasteiger partial charge in [0.15, 0.2) is 0 Å². The van der Waals surface area contributed by atoms with Crippen LogP contribution in [0, 0.1) is 5.92 Å². The van der Waals surface area contributed by atoms with E-state index in [-0.39, 0.29) is 0 Å². The first-order valence-electron chi connectivity index (χ1n) is 6.82. The molecule has 1 aromatic carbocycles. The Kier molecular flexibility index (Phi) is 2.83. The number of para-hydroxylation sites is 1. The highest BCUT2D eigenvalue weighted by atomic mass is 15.2. The number of anilines is 1. The van der Waals surface area contributed by atoms with Gasteiger partial charge >= 0.3 is 0 Å². The van der Waals surface area contributed by atoms with Crippen molar-refractivity contribution in [2.45, 2.75) is 38.8 Å². The summed E-state index contributed by atoms with van der Waals surface area (Å²) in [5.41, 5.74) is 3.00. The van der Waals surface area contributed by atoms with Crippen molar-refractivity contribution in [3.8, 4) is 0 Å². The highest BCUT2D eigenvalue weighted by Gasteiger charge is 2.33. The first kappa shape index (κ1) is 11.1. The average molecular weight is 230 g/mol. The molecule has 1 saturated heterocycles. The Hall–Kier alpha value is -1.02. The van der Waals surface area contributed by atoms with Crippen molar-refractivity contribution in [3.05, 3.63) is 29.8 Å². The maximum atomic E-state index is 3.57. The van der Waals surface area contributed by atoms with Gasteiger partial charge in [-0.2, -0.15) is 0 Å². The van der Waals surface area contributed by atoms with Crippen LogP contribution in [0.3, 0.4) is 0 Å². The Morgan fingerprint density at radius 1 is 1.18 bits per heavy atom. The fourth-order valence-corrected chi connectivity index (χ4v) is 3.49. The molecule has 2 aliphatic rings. The third-order valence-electron chi connectivity index (χ3n) is 4.20. The topological polar surface area (TPSA) is 15.3 Å². The lowest BCUT2D eigenvalue weighted by Gasteiger charge is -2.39. The fraction of sp³-hybridized carbons (Fsp3) is 0.600. The van der Waals surface area contributed by atoms with E-state index in [1.54, 1.807) is 0 Å². The van der Waals surface area contributed by atoms with Crippen molar-refractivity contribution in [1.29, 1.82) is 0 Å². The van der Waals surface area contributed by atoms with Gasteiger partial charge in [0.25, 0.3) is 0 Å². The van der Waals surface area contributed by atoms with E-state index in [2.05, 4.69) is 48.3 Å². The zero-order valence-electron chi connectivity index (χ0n) is 10.8. The van der Waals surface area contributed by atoms with E-state index in [9.17, 15) is 0 Å². The molecule has 92 valence electrons. The predicted molar refractivity (Wildman–Crippen MR) is 72.5 cm³/mol. The Morgan fingerprint density at radius 2 is 2.00 bits per heavy atom. The molecule has 1 N–H and O–H groups in total. The maximum Gasteiger partial charge on any atom is 0.0420 e. The van der Waals surface area contributed by atoms with Crippen LogP contribution in [-0.2, 0) is 6.42 Å². The average Bonchev–Trinajstić information content (AvgIpc) is 2.64. The number of fused-ring (bicyclic) bond motifs is 1. The zero-order valence-corrected chi connectivity index (χ0v) is 10.8. The van der Waals surface area contributed by atoms with Crippen LogP contribution < -0.4 is 10.2 Å². The highest BCUT2D eigenvalue weighted by Crippen LogP contribution is 2.35. The van der Waals surface area contributed by atoms with E-state index in [0.29, 0.717) is 12.1 Å². The Morgan fingerprint density at radius 3 is 2.82 bits per heavy atom. The van der Waals surface area contributed by atoms with Crippen LogP contribution in [-0.4, -0.2) is 25.2 Å². The monoisotopic (exact) mass is 230 g/mol. The summed E-state index contributed by atoms with van der Waals surface area (Å²) in [6, 6.07) is 10.2. The van der Waals surface area contributed by atoms with Crippen LogP contribution >= 0.6 is 0 Å². The Balaban J connectivity index is 1.87. The summed E-state index contributed by atoms with van der Waals surface area (Å²) in [4.78, 5) is 2.65. The molecule has 0 radical (unpaired) electrons. The van der Waals surface area contributed by atoms with Gasteiger partial charge in [0.1, 0.15) is 0 Å². The second-order valence-electron chi connectivity index (χ2n) is 5.74. The molecule has 0 aliphatic carbocycles. The molecule has 3 unspecified atom stereocenters. The van der Waals surface area contributed by atoms with Crippen LogP contribution in [0.4, 0.5) is 5.69 Å². The van der Waals surface area contributed by atoms with Crippen LogP contribution in [0.5, 0.6) is 0 Å². The quantitative estimate of drug-likeness (QED) is 0.797. The number of nitrogens with zero attached hydrogens (tertiary/aromatic N) is 1. The molecule has 0 saturated carbocycles. The molecule has 17 heavy (non-hydrogen) atoms. The third kappa shape index (κ3) is 1.95. The van der Waals surface area contributed by atoms with E-state index in [1.165, 1.54) is 30.6 Å². The number of hydrogen-bond acceptors (Lipinski definition) is 2. The number of piperidine rings is 1. The van der Waals surface area contributed by atoms with Crippen molar-refractivity contribution in [3.63, 3.8) is 0 Å². The van der Waals surface area contributed by atoms with Gasteiger partial charge in [-0.1, -0.05) is 25.1 Å². The van der Waals surface area contributed by atoms with Crippen molar-refractivity contribution >= 4 is 5.69 Å². The van der Waals surface area contributed by atoms with Gasteiger partial charge in [-0.25, -0.2) is 0 Å². The van der Waals surface area contributed by atoms with E-state index in [4.69, 9.17) is 0 Å². The molecule has 2 heterocycles. The van der Waals surface area contributed by atoms with Crippen molar-refractivity contribution in [2.75, 3.05) is 18.0 Å². The van der Waals surface area contributed by atoms with Crippen LogP contribution in [0.15, 0.2) is 24.3 Å². The standard InChI is InChI=1S/C15H22N2/c1-11-7-14(10-16-9-11)17-12(2)8-13-5-3-4-6-15(13)17/h3-6,11-12,14,16H,7-10H2,1-2H3. The van der Waals surface area contributed by atoms with Gasteiger partial charge in [-0.3, -0.25) is 0 Å². The number of rotatable bonds is 1. The zero-order chi connectivity index (χ0) is 11.8. The molecule has 1 fully saturated rings. The van der Waals surface area contributed by atoms with E-state index in [0.717, 1.165) is 12.5 Å². The minimum absolute atomic E-state index is 0.657. The van der Waals surface area contributed by atoms with E-state index >= 15 is 0 Å². The van der Waals surface area contributed by atoms with Gasteiger partial charge in [-0.15, -0.1) is 0 Å². The number of benzene rings is 1. The molecule has 1 aromatic rings. The molecule has 2 nitrogen and oxygen atoms in total. The Bertz CT molecular complexity index is 402. The third-order valence-corrected chi connectivity index (χ3v) is 4.20. The predicted octanol–water partition coefficient (Wildman–Crippen LogP) is 2.44. The van der Waals surface area contributed by atoms with Crippen molar-refractivity contribution < 1.29 is 0 Å². The van der Waals surface area contributed by atoms with Gasteiger partial charge in [-0.05, 0) is 43.9 Å².